The number of ether oxygens (including phenoxy) is 1. The summed E-state index contributed by atoms with van der Waals surface area (Å²) >= 11 is 6.51. The fourth-order valence-corrected chi connectivity index (χ4v) is 6.89. The molecule has 40 heavy (non-hydrogen) atoms. The highest BCUT2D eigenvalue weighted by molar-refractivity contribution is 6.30. The number of likely N-dealkylation sites (N-methyl/N-ethyl adjacent to an activating group) is 1. The Morgan fingerprint density at radius 3 is 2.58 bits per heavy atom. The molecular formula is C32H53ClN4O3. The van der Waals surface area contributed by atoms with E-state index >= 15 is 0 Å². The van der Waals surface area contributed by atoms with Crippen LogP contribution in [-0.2, 0) is 15.1 Å². The number of carbonyl (C=O) groups excluding carboxylic acids is 2. The van der Waals surface area contributed by atoms with Crippen LogP contribution in [0.25, 0.3) is 0 Å². The molecule has 3 N–H and O–H groups in total. The third-order valence-electron chi connectivity index (χ3n) is 8.91. The minimum absolute atomic E-state index is 0.00956. The van der Waals surface area contributed by atoms with Gasteiger partial charge in [-0.05, 0) is 69.2 Å². The van der Waals surface area contributed by atoms with Gasteiger partial charge in [0.15, 0.2) is 0 Å². The number of piperidine rings is 1. The van der Waals surface area contributed by atoms with Gasteiger partial charge >= 0.3 is 6.03 Å². The molecule has 2 fully saturated rings. The largest absolute Gasteiger partial charge is 0.385 e. The lowest BCUT2D eigenvalue weighted by Gasteiger charge is -2.47. The van der Waals surface area contributed by atoms with E-state index < -0.39 is 5.54 Å². The Bertz CT molecular complexity index is 923. The summed E-state index contributed by atoms with van der Waals surface area (Å²) in [5, 5.41) is 10.8. The summed E-state index contributed by atoms with van der Waals surface area (Å²) in [4.78, 5) is 29.0. The fourth-order valence-electron chi connectivity index (χ4n) is 6.70. The molecule has 2 unspecified atom stereocenters. The molecule has 3 rings (SSSR count). The lowest BCUT2D eigenvalue weighted by Crippen LogP contribution is -2.59. The average molecular weight is 577 g/mol. The highest BCUT2D eigenvalue weighted by Crippen LogP contribution is 2.41. The highest BCUT2D eigenvalue weighted by atomic mass is 35.5. The van der Waals surface area contributed by atoms with E-state index in [1.54, 1.807) is 7.11 Å². The Balaban J connectivity index is 1.84. The van der Waals surface area contributed by atoms with Gasteiger partial charge in [-0.15, -0.1) is 0 Å². The molecule has 0 aromatic heterocycles. The standard InChI is InChI=1S/C32H53ClN4O3/c1-24(2)30(38)36-32(17-8-9-19-40-4,26-14-10-16-28(33)21-26)27-15-11-18-37(23-27)31(39)35-29(22-34-3)20-25-12-6-5-7-13-25/h10,14,16,21,24-25,27,29,34H,5-9,11-13,15,17-20,22-23H2,1-4H3,(H,35,39)(H,36,38)/t27-,29?,32?/m1/s1. The minimum atomic E-state index is -0.620. The van der Waals surface area contributed by atoms with Gasteiger partial charge in [-0.3, -0.25) is 4.79 Å². The van der Waals surface area contributed by atoms with E-state index in [0.29, 0.717) is 24.1 Å². The fraction of sp³-hybridized carbons (Fsp3) is 0.750. The molecule has 7 nitrogen and oxygen atoms in total. The summed E-state index contributed by atoms with van der Waals surface area (Å²) in [6.07, 6.45) is 11.9. The summed E-state index contributed by atoms with van der Waals surface area (Å²) < 4.78 is 5.33. The number of nitrogens with zero attached hydrogens (tertiary/aromatic N) is 1. The maximum Gasteiger partial charge on any atom is 0.317 e. The van der Waals surface area contributed by atoms with E-state index in [1.165, 1.54) is 32.1 Å². The Labute approximate surface area is 247 Å². The van der Waals surface area contributed by atoms with Gasteiger partial charge < -0.3 is 25.6 Å². The number of likely N-dealkylation sites (tertiary alicyclic amines) is 1. The van der Waals surface area contributed by atoms with E-state index in [-0.39, 0.29) is 29.8 Å². The Kier molecular flexibility index (Phi) is 13.5. The Morgan fingerprint density at radius 2 is 1.90 bits per heavy atom. The van der Waals surface area contributed by atoms with Gasteiger partial charge in [0.1, 0.15) is 0 Å². The monoisotopic (exact) mass is 576 g/mol. The van der Waals surface area contributed by atoms with Crippen LogP contribution >= 0.6 is 11.6 Å². The number of benzene rings is 1. The van der Waals surface area contributed by atoms with Crippen LogP contribution < -0.4 is 16.0 Å². The molecule has 3 atom stereocenters. The summed E-state index contributed by atoms with van der Waals surface area (Å²) in [5.41, 5.74) is 0.398. The molecular weight excluding hydrogens is 524 g/mol. The quantitative estimate of drug-likeness (QED) is 0.234. The van der Waals surface area contributed by atoms with Crippen molar-refractivity contribution in [1.82, 2.24) is 20.9 Å². The molecule has 226 valence electrons. The first kappa shape index (κ1) is 32.7. The van der Waals surface area contributed by atoms with Crippen LogP contribution in [0.4, 0.5) is 4.79 Å². The third-order valence-corrected chi connectivity index (χ3v) is 9.14. The van der Waals surface area contributed by atoms with E-state index in [0.717, 1.165) is 57.2 Å². The zero-order chi connectivity index (χ0) is 29.0. The van der Waals surface area contributed by atoms with Crippen molar-refractivity contribution < 1.29 is 14.3 Å². The van der Waals surface area contributed by atoms with Crippen molar-refractivity contribution >= 4 is 23.5 Å². The number of hydrogen-bond acceptors (Lipinski definition) is 4. The van der Waals surface area contributed by atoms with Crippen LogP contribution in [0.5, 0.6) is 0 Å². The molecule has 8 heteroatoms. The van der Waals surface area contributed by atoms with Crippen LogP contribution in [0.2, 0.25) is 5.02 Å². The van der Waals surface area contributed by atoms with Crippen molar-refractivity contribution in [3.8, 4) is 0 Å². The topological polar surface area (TPSA) is 82.7 Å². The molecule has 1 aromatic carbocycles. The number of nitrogens with one attached hydrogen (secondary N) is 3. The lowest BCUT2D eigenvalue weighted by molar-refractivity contribution is -0.127. The van der Waals surface area contributed by atoms with Gasteiger partial charge in [-0.25, -0.2) is 4.79 Å². The molecule has 1 aliphatic heterocycles. The first-order valence-corrected chi connectivity index (χ1v) is 15.9. The van der Waals surface area contributed by atoms with Gasteiger partial charge in [0.25, 0.3) is 0 Å². The molecule has 1 saturated carbocycles. The van der Waals surface area contributed by atoms with Crippen LogP contribution in [0.15, 0.2) is 24.3 Å². The SMILES string of the molecule is CNCC(CC1CCCCC1)NC(=O)N1CCC[C@@H](C(CCCCOC)(NC(=O)C(C)C)c2cccc(Cl)c2)C1. The predicted molar refractivity (Wildman–Crippen MR) is 164 cm³/mol. The van der Waals surface area contributed by atoms with Gasteiger partial charge in [0.2, 0.25) is 5.91 Å². The number of unbranched alkanes of at least 4 members (excludes halogenated alkanes) is 1. The maximum atomic E-state index is 13.7. The van der Waals surface area contributed by atoms with Gasteiger partial charge in [0.05, 0.1) is 5.54 Å². The van der Waals surface area contributed by atoms with E-state index in [2.05, 4.69) is 22.0 Å². The molecule has 1 aromatic rings. The summed E-state index contributed by atoms with van der Waals surface area (Å²) in [6.45, 7) is 6.63. The molecule has 1 heterocycles. The van der Waals surface area contributed by atoms with Crippen LogP contribution in [0.3, 0.4) is 0 Å². The highest BCUT2D eigenvalue weighted by Gasteiger charge is 2.44. The van der Waals surface area contributed by atoms with Crippen molar-refractivity contribution in [2.45, 2.75) is 96.1 Å². The smallest absolute Gasteiger partial charge is 0.317 e. The van der Waals surface area contributed by atoms with Crippen molar-refractivity contribution in [1.29, 1.82) is 0 Å². The molecule has 1 aliphatic carbocycles. The van der Waals surface area contributed by atoms with Gasteiger partial charge in [0, 0.05) is 56.3 Å². The summed E-state index contributed by atoms with van der Waals surface area (Å²) in [6, 6.07) is 8.03. The molecule has 0 spiro atoms. The average Bonchev–Trinajstić information content (AvgIpc) is 2.95. The van der Waals surface area contributed by atoms with Gasteiger partial charge in [-0.2, -0.15) is 0 Å². The predicted octanol–water partition coefficient (Wildman–Crippen LogP) is 6.10. The molecule has 1 saturated heterocycles. The molecule has 2 aliphatic rings. The number of amides is 3. The Hall–Kier alpha value is -1.83. The van der Waals surface area contributed by atoms with Crippen LogP contribution in [0, 0.1) is 17.8 Å². The number of carbonyl (C=O) groups is 2. The van der Waals surface area contributed by atoms with Crippen molar-refractivity contribution in [2.24, 2.45) is 17.8 Å². The molecule has 3 amide bonds. The lowest BCUT2D eigenvalue weighted by atomic mass is 9.71. The van der Waals surface area contributed by atoms with E-state index in [9.17, 15) is 9.59 Å². The molecule has 0 radical (unpaired) electrons. The first-order valence-electron chi connectivity index (χ1n) is 15.6. The maximum absolute atomic E-state index is 13.7. The third kappa shape index (κ3) is 9.35. The normalized spacial score (nSPS) is 20.6. The van der Waals surface area contributed by atoms with Crippen LogP contribution in [-0.4, -0.2) is 63.3 Å². The first-order chi connectivity index (χ1) is 19.3. The van der Waals surface area contributed by atoms with Gasteiger partial charge in [-0.1, -0.05) is 69.7 Å². The number of methoxy groups -OCH3 is 1. The number of rotatable bonds is 14. The zero-order valence-electron chi connectivity index (χ0n) is 25.3. The van der Waals surface area contributed by atoms with Crippen molar-refractivity contribution in [2.75, 3.05) is 40.4 Å². The number of hydrogen-bond donors (Lipinski definition) is 3. The summed E-state index contributed by atoms with van der Waals surface area (Å²) in [7, 11) is 3.68. The Morgan fingerprint density at radius 1 is 1.12 bits per heavy atom. The zero-order valence-corrected chi connectivity index (χ0v) is 26.0. The van der Waals surface area contributed by atoms with E-state index in [4.69, 9.17) is 16.3 Å². The van der Waals surface area contributed by atoms with Crippen LogP contribution in [0.1, 0.15) is 90.0 Å². The van der Waals surface area contributed by atoms with E-state index in [1.807, 2.05) is 44.0 Å². The second kappa shape index (κ2) is 16.6. The number of halogens is 1. The van der Waals surface area contributed by atoms with Crippen molar-refractivity contribution in [3.63, 3.8) is 0 Å². The molecule has 0 bridgehead atoms. The second-order valence-electron chi connectivity index (χ2n) is 12.3. The summed E-state index contributed by atoms with van der Waals surface area (Å²) in [5.74, 6) is 0.629. The second-order valence-corrected chi connectivity index (χ2v) is 12.7. The number of urea groups is 1. The minimum Gasteiger partial charge on any atom is -0.385 e. The van der Waals surface area contributed by atoms with Crippen molar-refractivity contribution in [3.05, 3.63) is 34.9 Å².